The largest absolute Gasteiger partial charge is 0.326 e. The minimum absolute atomic E-state index is 0.685. The monoisotopic (exact) mass is 321 g/mol. The van der Waals surface area contributed by atoms with E-state index in [1.54, 1.807) is 12.4 Å². The van der Waals surface area contributed by atoms with Gasteiger partial charge in [-0.1, -0.05) is 27.5 Å². The van der Waals surface area contributed by atoms with Gasteiger partial charge in [-0.3, -0.25) is 4.98 Å². The minimum Gasteiger partial charge on any atom is -0.326 e. The summed E-state index contributed by atoms with van der Waals surface area (Å²) in [6.07, 6.45) is 3.54. The van der Waals surface area contributed by atoms with E-state index in [1.807, 2.05) is 35.9 Å². The van der Waals surface area contributed by atoms with Crippen LogP contribution < -0.4 is 0 Å². The van der Waals surface area contributed by atoms with Gasteiger partial charge in [0, 0.05) is 23.3 Å². The molecule has 0 radical (unpaired) electrons. The zero-order valence-electron chi connectivity index (χ0n) is 9.56. The highest BCUT2D eigenvalue weighted by Gasteiger charge is 2.12. The van der Waals surface area contributed by atoms with Crippen molar-refractivity contribution < 1.29 is 0 Å². The Morgan fingerprint density at radius 3 is 2.89 bits per heavy atom. The van der Waals surface area contributed by atoms with Crippen LogP contribution in [0.15, 0.2) is 41.1 Å². The summed E-state index contributed by atoms with van der Waals surface area (Å²) in [4.78, 5) is 8.72. The molecular weight excluding hydrogens is 314 g/mol. The molecule has 0 amide bonds. The summed E-state index contributed by atoms with van der Waals surface area (Å²) in [5.74, 6) is 0.837. The van der Waals surface area contributed by atoms with Crippen LogP contribution in [0, 0.1) is 0 Å². The number of hydrogen-bond acceptors (Lipinski definition) is 2. The highest BCUT2D eigenvalue weighted by Crippen LogP contribution is 2.31. The average molecular weight is 323 g/mol. The molecule has 2 heterocycles. The van der Waals surface area contributed by atoms with Gasteiger partial charge in [0.1, 0.15) is 5.82 Å². The van der Waals surface area contributed by atoms with Crippen LogP contribution in [0.5, 0.6) is 0 Å². The van der Waals surface area contributed by atoms with Crippen LogP contribution in [-0.2, 0) is 7.05 Å². The van der Waals surface area contributed by atoms with Gasteiger partial charge in [0.2, 0.25) is 0 Å². The molecular formula is C13H9BrClN3. The molecule has 1 aromatic carbocycles. The predicted molar refractivity (Wildman–Crippen MR) is 76.7 cm³/mol. The molecule has 3 nitrogen and oxygen atoms in total. The van der Waals surface area contributed by atoms with Gasteiger partial charge >= 0.3 is 0 Å². The lowest BCUT2D eigenvalue weighted by molar-refractivity contribution is 0.956. The molecule has 90 valence electrons. The van der Waals surface area contributed by atoms with Gasteiger partial charge in [-0.05, 0) is 24.3 Å². The highest BCUT2D eigenvalue weighted by molar-refractivity contribution is 9.10. The number of halogens is 2. The molecule has 0 N–H and O–H groups in total. The zero-order valence-corrected chi connectivity index (χ0v) is 11.9. The first-order chi connectivity index (χ1) is 8.66. The van der Waals surface area contributed by atoms with Crippen LogP contribution >= 0.6 is 27.5 Å². The van der Waals surface area contributed by atoms with Crippen LogP contribution in [-0.4, -0.2) is 14.5 Å². The first kappa shape index (κ1) is 11.7. The van der Waals surface area contributed by atoms with Crippen molar-refractivity contribution in [3.63, 3.8) is 0 Å². The van der Waals surface area contributed by atoms with Crippen molar-refractivity contribution in [1.29, 1.82) is 0 Å². The maximum atomic E-state index is 6.24. The van der Waals surface area contributed by atoms with Gasteiger partial charge in [0.05, 0.1) is 22.3 Å². The maximum absolute atomic E-state index is 6.24. The number of pyridine rings is 1. The van der Waals surface area contributed by atoms with E-state index < -0.39 is 0 Å². The number of aryl methyl sites for hydroxylation is 1. The molecule has 0 saturated carbocycles. The van der Waals surface area contributed by atoms with E-state index in [4.69, 9.17) is 11.6 Å². The lowest BCUT2D eigenvalue weighted by atomic mass is 10.2. The van der Waals surface area contributed by atoms with E-state index in [2.05, 4.69) is 25.9 Å². The van der Waals surface area contributed by atoms with Crippen molar-refractivity contribution >= 4 is 38.6 Å². The number of hydrogen-bond donors (Lipinski definition) is 0. The molecule has 0 bridgehead atoms. The smallest absolute Gasteiger partial charge is 0.142 e. The summed E-state index contributed by atoms with van der Waals surface area (Å²) >= 11 is 9.69. The van der Waals surface area contributed by atoms with Crippen molar-refractivity contribution in [2.75, 3.05) is 0 Å². The second-order valence-electron chi connectivity index (χ2n) is 3.98. The Morgan fingerprint density at radius 2 is 2.11 bits per heavy atom. The molecule has 0 saturated heterocycles. The number of benzene rings is 1. The number of fused-ring (bicyclic) bond motifs is 1. The first-order valence-corrected chi connectivity index (χ1v) is 6.56. The second kappa shape index (κ2) is 4.37. The van der Waals surface area contributed by atoms with Crippen LogP contribution in [0.2, 0.25) is 5.02 Å². The van der Waals surface area contributed by atoms with Gasteiger partial charge in [0.25, 0.3) is 0 Å². The van der Waals surface area contributed by atoms with Crippen LogP contribution in [0.4, 0.5) is 0 Å². The third-order valence-corrected chi connectivity index (χ3v) is 3.68. The number of aromatic nitrogens is 3. The van der Waals surface area contributed by atoms with E-state index in [9.17, 15) is 0 Å². The molecule has 0 fully saturated rings. The van der Waals surface area contributed by atoms with Gasteiger partial charge in [-0.2, -0.15) is 0 Å². The molecule has 0 atom stereocenters. The summed E-state index contributed by atoms with van der Waals surface area (Å²) in [7, 11) is 1.96. The van der Waals surface area contributed by atoms with E-state index in [0.29, 0.717) is 5.02 Å². The Kier molecular flexibility index (Phi) is 2.84. The third-order valence-electron chi connectivity index (χ3n) is 2.85. The van der Waals surface area contributed by atoms with Crippen LogP contribution in [0.3, 0.4) is 0 Å². The Hall–Kier alpha value is -1.39. The van der Waals surface area contributed by atoms with Crippen molar-refractivity contribution in [2.45, 2.75) is 0 Å². The zero-order chi connectivity index (χ0) is 12.7. The Morgan fingerprint density at radius 1 is 1.28 bits per heavy atom. The van der Waals surface area contributed by atoms with E-state index in [0.717, 1.165) is 26.9 Å². The molecule has 3 aromatic rings. The fourth-order valence-corrected chi connectivity index (χ4v) is 2.51. The molecule has 0 unspecified atom stereocenters. The van der Waals surface area contributed by atoms with Gasteiger partial charge < -0.3 is 4.57 Å². The van der Waals surface area contributed by atoms with Crippen LogP contribution in [0.25, 0.3) is 22.4 Å². The molecule has 0 aliphatic carbocycles. The van der Waals surface area contributed by atoms with Crippen molar-refractivity contribution in [2.24, 2.45) is 7.05 Å². The fourth-order valence-electron chi connectivity index (χ4n) is 1.94. The summed E-state index contributed by atoms with van der Waals surface area (Å²) < 4.78 is 2.97. The SMILES string of the molecule is Cn1c(-c2cc(Br)ccc2Cl)nc2ccncc21. The molecule has 2 aromatic heterocycles. The normalized spacial score (nSPS) is 11.1. The second-order valence-corrected chi connectivity index (χ2v) is 5.31. The number of nitrogens with zero attached hydrogens (tertiary/aromatic N) is 3. The van der Waals surface area contributed by atoms with Crippen molar-refractivity contribution in [1.82, 2.24) is 14.5 Å². The van der Waals surface area contributed by atoms with E-state index >= 15 is 0 Å². The molecule has 0 aliphatic heterocycles. The summed E-state index contributed by atoms with van der Waals surface area (Å²) in [5, 5.41) is 0.685. The number of imidazole rings is 1. The lowest BCUT2D eigenvalue weighted by Crippen LogP contribution is -1.93. The minimum atomic E-state index is 0.685. The predicted octanol–water partition coefficient (Wildman–Crippen LogP) is 4.05. The highest BCUT2D eigenvalue weighted by atomic mass is 79.9. The van der Waals surface area contributed by atoms with Gasteiger partial charge in [0.15, 0.2) is 0 Å². The quantitative estimate of drug-likeness (QED) is 0.676. The first-order valence-electron chi connectivity index (χ1n) is 5.38. The average Bonchev–Trinajstić information content (AvgIpc) is 2.71. The summed E-state index contributed by atoms with van der Waals surface area (Å²) in [6.45, 7) is 0. The van der Waals surface area contributed by atoms with E-state index in [1.165, 1.54) is 0 Å². The maximum Gasteiger partial charge on any atom is 0.142 e. The molecule has 0 aliphatic rings. The van der Waals surface area contributed by atoms with Gasteiger partial charge in [-0.15, -0.1) is 0 Å². The lowest BCUT2D eigenvalue weighted by Gasteiger charge is -2.05. The molecule has 0 spiro atoms. The molecule has 5 heteroatoms. The molecule has 18 heavy (non-hydrogen) atoms. The molecule has 3 rings (SSSR count). The van der Waals surface area contributed by atoms with Crippen molar-refractivity contribution in [3.05, 3.63) is 46.2 Å². The Bertz CT molecular complexity index is 736. The standard InChI is InChI=1S/C13H9BrClN3/c1-18-12-7-16-5-4-11(12)17-13(18)9-6-8(14)2-3-10(9)15/h2-7H,1H3. The topological polar surface area (TPSA) is 30.7 Å². The van der Waals surface area contributed by atoms with Crippen LogP contribution in [0.1, 0.15) is 0 Å². The number of rotatable bonds is 1. The summed E-state index contributed by atoms with van der Waals surface area (Å²) in [5.41, 5.74) is 2.81. The fraction of sp³-hybridized carbons (Fsp3) is 0.0769. The Labute approximate surface area is 118 Å². The Balaban J connectivity index is 2.31. The third kappa shape index (κ3) is 1.82. The summed E-state index contributed by atoms with van der Waals surface area (Å²) in [6, 6.07) is 7.64. The van der Waals surface area contributed by atoms with Gasteiger partial charge in [-0.25, -0.2) is 4.98 Å². The van der Waals surface area contributed by atoms with E-state index in [-0.39, 0.29) is 0 Å². The van der Waals surface area contributed by atoms with Crippen molar-refractivity contribution in [3.8, 4) is 11.4 Å².